The van der Waals surface area contributed by atoms with E-state index in [9.17, 15) is 4.79 Å². The minimum Gasteiger partial charge on any atom is -0.366 e. The number of anilines is 1. The molecule has 0 aliphatic heterocycles. The molecule has 2 aromatic carbocycles. The van der Waals surface area contributed by atoms with Gasteiger partial charge in [-0.1, -0.05) is 24.3 Å². The molecule has 0 fully saturated rings. The number of carbonyl (C=O) groups is 1. The maximum atomic E-state index is 11.0. The highest BCUT2D eigenvalue weighted by molar-refractivity contribution is 9.10. The van der Waals surface area contributed by atoms with E-state index >= 15 is 0 Å². The van der Waals surface area contributed by atoms with Crippen molar-refractivity contribution in [3.63, 3.8) is 0 Å². The highest BCUT2D eigenvalue weighted by atomic mass is 79.9. The first-order chi connectivity index (χ1) is 10.6. The van der Waals surface area contributed by atoms with Crippen molar-refractivity contribution in [2.24, 2.45) is 5.73 Å². The average Bonchev–Trinajstić information content (AvgIpc) is 2.54. The lowest BCUT2D eigenvalue weighted by molar-refractivity contribution is 0.100. The number of nitrogens with zero attached hydrogens (tertiary/aromatic N) is 1. The van der Waals surface area contributed by atoms with E-state index < -0.39 is 5.91 Å². The van der Waals surface area contributed by atoms with E-state index in [0.29, 0.717) is 12.1 Å². The van der Waals surface area contributed by atoms with Crippen LogP contribution in [0.2, 0.25) is 0 Å². The fraction of sp³-hybridized carbons (Fsp3) is 0.0588. The van der Waals surface area contributed by atoms with Crippen molar-refractivity contribution < 1.29 is 4.79 Å². The summed E-state index contributed by atoms with van der Waals surface area (Å²) in [6.45, 7) is 0.627. The number of amides is 1. The lowest BCUT2D eigenvalue weighted by Crippen LogP contribution is -2.10. The molecule has 1 heterocycles. The predicted octanol–water partition coefficient (Wildman–Crippen LogP) is 3.71. The van der Waals surface area contributed by atoms with Crippen molar-refractivity contribution in [1.82, 2.24) is 4.98 Å². The van der Waals surface area contributed by atoms with E-state index in [4.69, 9.17) is 5.73 Å². The molecule has 1 amide bonds. The van der Waals surface area contributed by atoms with Crippen LogP contribution in [0.15, 0.2) is 59.1 Å². The molecule has 0 spiro atoms. The molecule has 3 N–H and O–H groups in total. The number of para-hydroxylation sites is 1. The van der Waals surface area contributed by atoms with E-state index in [2.05, 4.69) is 26.2 Å². The van der Waals surface area contributed by atoms with Gasteiger partial charge in [0.2, 0.25) is 5.91 Å². The van der Waals surface area contributed by atoms with Gasteiger partial charge in [0.15, 0.2) is 0 Å². The van der Waals surface area contributed by atoms with Gasteiger partial charge in [-0.3, -0.25) is 4.79 Å². The van der Waals surface area contributed by atoms with Crippen LogP contribution in [-0.4, -0.2) is 10.9 Å². The zero-order valence-electron chi connectivity index (χ0n) is 11.7. The summed E-state index contributed by atoms with van der Waals surface area (Å²) in [5.74, 6) is 0.388. The van der Waals surface area contributed by atoms with Gasteiger partial charge in [0, 0.05) is 22.0 Å². The van der Waals surface area contributed by atoms with E-state index in [-0.39, 0.29) is 0 Å². The minimum absolute atomic E-state index is 0.416. The summed E-state index contributed by atoms with van der Waals surface area (Å²) in [6.07, 6.45) is 0. The average molecular weight is 356 g/mol. The Bertz CT molecular complexity index is 831. The first-order valence-electron chi connectivity index (χ1n) is 6.81. The second-order valence-corrected chi connectivity index (χ2v) is 5.78. The van der Waals surface area contributed by atoms with Gasteiger partial charge < -0.3 is 11.1 Å². The topological polar surface area (TPSA) is 68.0 Å². The smallest absolute Gasteiger partial charge is 0.248 e. The van der Waals surface area contributed by atoms with Crippen LogP contribution in [0.3, 0.4) is 0 Å². The molecule has 0 bridgehead atoms. The fourth-order valence-electron chi connectivity index (χ4n) is 2.19. The van der Waals surface area contributed by atoms with Crippen LogP contribution < -0.4 is 11.1 Å². The van der Waals surface area contributed by atoms with Crippen LogP contribution in [0, 0.1) is 0 Å². The van der Waals surface area contributed by atoms with Crippen molar-refractivity contribution in [3.8, 4) is 0 Å². The van der Waals surface area contributed by atoms with Gasteiger partial charge >= 0.3 is 0 Å². The predicted molar refractivity (Wildman–Crippen MR) is 91.7 cm³/mol. The van der Waals surface area contributed by atoms with Crippen molar-refractivity contribution in [1.29, 1.82) is 0 Å². The number of primary amides is 1. The quantitative estimate of drug-likeness (QED) is 0.749. The molecule has 0 saturated heterocycles. The van der Waals surface area contributed by atoms with Gasteiger partial charge in [-0.2, -0.15) is 0 Å². The zero-order chi connectivity index (χ0) is 15.5. The van der Waals surface area contributed by atoms with Crippen molar-refractivity contribution >= 4 is 38.6 Å². The Morgan fingerprint density at radius 3 is 2.59 bits per heavy atom. The van der Waals surface area contributed by atoms with E-state index in [1.165, 1.54) is 0 Å². The molecular weight excluding hydrogens is 342 g/mol. The Kier molecular flexibility index (Phi) is 4.06. The summed E-state index contributed by atoms with van der Waals surface area (Å²) in [7, 11) is 0. The number of pyridine rings is 1. The third-order valence-corrected chi connectivity index (χ3v) is 4.02. The number of hydrogen-bond acceptors (Lipinski definition) is 3. The number of aromatic nitrogens is 1. The highest BCUT2D eigenvalue weighted by Gasteiger charge is 2.03. The molecule has 22 heavy (non-hydrogen) atoms. The van der Waals surface area contributed by atoms with Crippen LogP contribution in [0.1, 0.15) is 15.9 Å². The number of nitrogens with two attached hydrogens (primary N) is 1. The van der Waals surface area contributed by atoms with Gasteiger partial charge in [0.1, 0.15) is 5.82 Å². The Morgan fingerprint density at radius 2 is 1.86 bits per heavy atom. The van der Waals surface area contributed by atoms with Gasteiger partial charge in [-0.25, -0.2) is 4.98 Å². The molecule has 3 rings (SSSR count). The van der Waals surface area contributed by atoms with Gasteiger partial charge in [0.05, 0.1) is 5.52 Å². The second kappa shape index (κ2) is 6.15. The van der Waals surface area contributed by atoms with E-state index in [1.54, 1.807) is 12.1 Å². The Balaban J connectivity index is 1.76. The maximum Gasteiger partial charge on any atom is 0.248 e. The Morgan fingerprint density at radius 1 is 1.09 bits per heavy atom. The minimum atomic E-state index is -0.416. The monoisotopic (exact) mass is 355 g/mol. The summed E-state index contributed by atoms with van der Waals surface area (Å²) in [5.41, 5.74) is 7.72. The normalized spacial score (nSPS) is 10.6. The van der Waals surface area contributed by atoms with Crippen LogP contribution >= 0.6 is 15.9 Å². The largest absolute Gasteiger partial charge is 0.366 e. The van der Waals surface area contributed by atoms with Gasteiger partial charge in [-0.15, -0.1) is 0 Å². The fourth-order valence-corrected chi connectivity index (χ4v) is 2.66. The summed E-state index contributed by atoms with van der Waals surface area (Å²) in [4.78, 5) is 15.6. The van der Waals surface area contributed by atoms with Crippen LogP contribution in [0.5, 0.6) is 0 Å². The number of fused-ring (bicyclic) bond motifs is 1. The van der Waals surface area contributed by atoms with Crippen LogP contribution in [-0.2, 0) is 6.54 Å². The van der Waals surface area contributed by atoms with Crippen molar-refractivity contribution in [2.75, 3.05) is 5.32 Å². The Hall–Kier alpha value is -2.40. The molecule has 0 atom stereocenters. The molecule has 110 valence electrons. The number of benzene rings is 2. The standard InChI is InChI=1S/C17H14BrN3O/c18-14-3-1-2-12-8-9-15(21-16(12)14)20-10-11-4-6-13(7-5-11)17(19)22/h1-9H,10H2,(H2,19,22)(H,20,21). The lowest BCUT2D eigenvalue weighted by Gasteiger charge is -2.08. The molecule has 0 aliphatic rings. The van der Waals surface area contributed by atoms with Gasteiger partial charge in [0.25, 0.3) is 0 Å². The summed E-state index contributed by atoms with van der Waals surface area (Å²) in [5, 5.41) is 4.37. The highest BCUT2D eigenvalue weighted by Crippen LogP contribution is 2.23. The molecule has 1 aromatic heterocycles. The molecule has 5 heteroatoms. The Labute approximate surface area is 136 Å². The van der Waals surface area contributed by atoms with Gasteiger partial charge in [-0.05, 0) is 51.8 Å². The molecular formula is C17H14BrN3O. The molecule has 0 unspecified atom stereocenters. The van der Waals surface area contributed by atoms with Crippen molar-refractivity contribution in [2.45, 2.75) is 6.54 Å². The third kappa shape index (κ3) is 3.09. The number of nitrogens with one attached hydrogen (secondary N) is 1. The molecule has 0 radical (unpaired) electrons. The zero-order valence-corrected chi connectivity index (χ0v) is 13.3. The maximum absolute atomic E-state index is 11.0. The lowest BCUT2D eigenvalue weighted by atomic mass is 10.1. The summed E-state index contributed by atoms with van der Waals surface area (Å²) in [6, 6.07) is 17.2. The second-order valence-electron chi connectivity index (χ2n) is 4.92. The summed E-state index contributed by atoms with van der Waals surface area (Å²) < 4.78 is 0.972. The molecule has 4 nitrogen and oxygen atoms in total. The number of rotatable bonds is 4. The number of halogens is 1. The van der Waals surface area contributed by atoms with E-state index in [1.807, 2.05) is 42.5 Å². The molecule has 0 aliphatic carbocycles. The van der Waals surface area contributed by atoms with Crippen molar-refractivity contribution in [3.05, 3.63) is 70.2 Å². The SMILES string of the molecule is NC(=O)c1ccc(CNc2ccc3cccc(Br)c3n2)cc1. The molecule has 3 aromatic rings. The number of carbonyl (C=O) groups excluding carboxylic acids is 1. The first-order valence-corrected chi connectivity index (χ1v) is 7.61. The third-order valence-electron chi connectivity index (χ3n) is 3.38. The van der Waals surface area contributed by atoms with Crippen LogP contribution in [0.4, 0.5) is 5.82 Å². The first kappa shape index (κ1) is 14.5. The molecule has 0 saturated carbocycles. The van der Waals surface area contributed by atoms with E-state index in [0.717, 1.165) is 26.8 Å². The summed E-state index contributed by atoms with van der Waals surface area (Å²) >= 11 is 3.51. The number of hydrogen-bond donors (Lipinski definition) is 2. The van der Waals surface area contributed by atoms with Crippen LogP contribution in [0.25, 0.3) is 10.9 Å².